The summed E-state index contributed by atoms with van der Waals surface area (Å²) in [5.41, 5.74) is 2.50. The van der Waals surface area contributed by atoms with E-state index in [-0.39, 0.29) is 42.5 Å². The predicted octanol–water partition coefficient (Wildman–Crippen LogP) is 3.46. The fraction of sp³-hybridized carbons (Fsp3) is 0.364. The van der Waals surface area contributed by atoms with Crippen molar-refractivity contribution in [1.82, 2.24) is 4.90 Å². The highest BCUT2D eigenvalue weighted by atomic mass is 35.5. The molecule has 0 spiro atoms. The number of carbonyl (C=O) groups is 2. The van der Waals surface area contributed by atoms with Crippen LogP contribution in [-0.2, 0) is 4.79 Å². The van der Waals surface area contributed by atoms with Crippen molar-refractivity contribution in [2.45, 2.75) is 30.8 Å². The minimum atomic E-state index is -0.246. The van der Waals surface area contributed by atoms with Gasteiger partial charge in [-0.1, -0.05) is 29.8 Å². The first-order valence-corrected chi connectivity index (χ1v) is 10.3. The molecule has 29 heavy (non-hydrogen) atoms. The third-order valence-electron chi connectivity index (χ3n) is 6.21. The summed E-state index contributed by atoms with van der Waals surface area (Å²) in [5, 5.41) is 13.5. The minimum Gasteiger partial charge on any atom is -0.394 e. The average molecular weight is 412 g/mol. The number of hydrogen-bond acceptors (Lipinski definition) is 3. The number of urea groups is 1. The summed E-state index contributed by atoms with van der Waals surface area (Å²) in [6.45, 7) is 0.348. The lowest BCUT2D eigenvalue weighted by Crippen LogP contribution is -2.71. The molecule has 1 saturated heterocycles. The van der Waals surface area contributed by atoms with E-state index in [0.29, 0.717) is 17.3 Å². The van der Waals surface area contributed by atoms with E-state index >= 15 is 0 Å². The first-order valence-electron chi connectivity index (χ1n) is 9.94. The van der Waals surface area contributed by atoms with Crippen LogP contribution in [0.3, 0.4) is 0 Å². The number of aliphatic hydroxyl groups is 1. The van der Waals surface area contributed by atoms with E-state index in [9.17, 15) is 14.7 Å². The Labute approximate surface area is 174 Å². The molecule has 2 fully saturated rings. The van der Waals surface area contributed by atoms with Crippen LogP contribution >= 0.6 is 11.6 Å². The summed E-state index contributed by atoms with van der Waals surface area (Å²) in [6, 6.07) is 14.2. The first-order chi connectivity index (χ1) is 14.1. The topological polar surface area (TPSA) is 72.9 Å². The fourth-order valence-electron chi connectivity index (χ4n) is 4.65. The second-order valence-electron chi connectivity index (χ2n) is 7.97. The molecule has 2 aliphatic heterocycles. The fourth-order valence-corrected chi connectivity index (χ4v) is 4.78. The highest BCUT2D eigenvalue weighted by molar-refractivity contribution is 6.30. The zero-order valence-corrected chi connectivity index (χ0v) is 16.5. The Bertz CT molecular complexity index is 960. The van der Waals surface area contributed by atoms with Gasteiger partial charge in [0.15, 0.2) is 0 Å². The van der Waals surface area contributed by atoms with Gasteiger partial charge in [0, 0.05) is 34.8 Å². The number of nitrogens with one attached hydrogen (secondary N) is 1. The molecule has 3 aliphatic rings. The molecule has 5 rings (SSSR count). The molecule has 3 atom stereocenters. The smallest absolute Gasteiger partial charge is 0.326 e. The minimum absolute atomic E-state index is 0.0541. The standard InChI is InChI=1S/C22H22ClN3O3/c23-14-7-9-15(10-8-14)24-22(29)25-11-18-20(16-3-1-2-4-17(16)25)19(12-27)26(18)21(28)13-5-6-13/h1-4,7-10,13,18-20,27H,5-6,11-12H2,(H,24,29)/t18-,19-,20+/m0/s1. The Hall–Kier alpha value is -2.57. The van der Waals surface area contributed by atoms with E-state index in [1.807, 2.05) is 29.2 Å². The number of fused-ring (bicyclic) bond motifs is 3. The molecule has 0 bridgehead atoms. The maximum Gasteiger partial charge on any atom is 0.326 e. The van der Waals surface area contributed by atoms with Gasteiger partial charge < -0.3 is 15.3 Å². The molecule has 2 aromatic carbocycles. The van der Waals surface area contributed by atoms with Crippen LogP contribution in [0.1, 0.15) is 24.3 Å². The molecule has 2 N–H and O–H groups in total. The number of rotatable bonds is 3. The van der Waals surface area contributed by atoms with Crippen LogP contribution < -0.4 is 10.2 Å². The monoisotopic (exact) mass is 411 g/mol. The SMILES string of the molecule is O=C(Nc1ccc(Cl)cc1)N1C[C@H]2[C@@H](c3ccccc31)[C@H](CO)N2C(=O)C1CC1. The van der Waals surface area contributed by atoms with Gasteiger partial charge in [0.05, 0.1) is 18.7 Å². The van der Waals surface area contributed by atoms with Crippen LogP contribution in [0.15, 0.2) is 48.5 Å². The summed E-state index contributed by atoms with van der Waals surface area (Å²) in [4.78, 5) is 29.4. The number of aliphatic hydroxyl groups excluding tert-OH is 1. The molecule has 1 aliphatic carbocycles. The van der Waals surface area contributed by atoms with Gasteiger partial charge in [0.1, 0.15) is 0 Å². The number of halogens is 1. The number of hydrogen-bond donors (Lipinski definition) is 2. The molecule has 1 saturated carbocycles. The van der Waals surface area contributed by atoms with Gasteiger partial charge in [0.25, 0.3) is 0 Å². The zero-order valence-electron chi connectivity index (χ0n) is 15.8. The summed E-state index contributed by atoms with van der Waals surface area (Å²) >= 11 is 5.93. The Kier molecular flexibility index (Phi) is 4.48. The molecule has 3 amide bonds. The van der Waals surface area contributed by atoms with E-state index in [2.05, 4.69) is 5.32 Å². The van der Waals surface area contributed by atoms with Gasteiger partial charge in [-0.2, -0.15) is 0 Å². The Morgan fingerprint density at radius 2 is 1.83 bits per heavy atom. The lowest BCUT2D eigenvalue weighted by molar-refractivity contribution is -0.151. The summed E-state index contributed by atoms with van der Waals surface area (Å²) < 4.78 is 0. The van der Waals surface area contributed by atoms with Gasteiger partial charge in [-0.05, 0) is 48.7 Å². The van der Waals surface area contributed by atoms with E-state index in [4.69, 9.17) is 11.6 Å². The van der Waals surface area contributed by atoms with Crippen molar-refractivity contribution < 1.29 is 14.7 Å². The lowest BCUT2D eigenvalue weighted by Gasteiger charge is -2.59. The number of anilines is 2. The highest BCUT2D eigenvalue weighted by Gasteiger charge is 2.56. The van der Waals surface area contributed by atoms with Crippen molar-refractivity contribution in [2.24, 2.45) is 5.92 Å². The number of carbonyl (C=O) groups excluding carboxylic acids is 2. The van der Waals surface area contributed by atoms with E-state index in [1.165, 1.54) is 0 Å². The van der Waals surface area contributed by atoms with Gasteiger partial charge >= 0.3 is 6.03 Å². The van der Waals surface area contributed by atoms with Crippen molar-refractivity contribution in [3.05, 3.63) is 59.1 Å². The number of nitrogens with zero attached hydrogens (tertiary/aromatic N) is 2. The van der Waals surface area contributed by atoms with Crippen LogP contribution in [0.4, 0.5) is 16.2 Å². The number of para-hydroxylation sites is 1. The Morgan fingerprint density at radius 1 is 1.10 bits per heavy atom. The van der Waals surface area contributed by atoms with Gasteiger partial charge in [0.2, 0.25) is 5.91 Å². The molecule has 2 heterocycles. The molecule has 150 valence electrons. The van der Waals surface area contributed by atoms with Crippen molar-refractivity contribution in [1.29, 1.82) is 0 Å². The zero-order chi connectivity index (χ0) is 20.1. The third kappa shape index (κ3) is 3.07. The molecule has 0 aromatic heterocycles. The molecular formula is C22H22ClN3O3. The van der Waals surface area contributed by atoms with E-state index in [1.54, 1.807) is 29.2 Å². The summed E-state index contributed by atoms with van der Waals surface area (Å²) in [6.07, 6.45) is 1.84. The van der Waals surface area contributed by atoms with Crippen molar-refractivity contribution in [3.63, 3.8) is 0 Å². The van der Waals surface area contributed by atoms with Crippen molar-refractivity contribution >= 4 is 34.9 Å². The predicted molar refractivity (Wildman–Crippen MR) is 111 cm³/mol. The van der Waals surface area contributed by atoms with Gasteiger partial charge in [-0.25, -0.2) is 4.79 Å². The van der Waals surface area contributed by atoms with Crippen LogP contribution in [0.5, 0.6) is 0 Å². The van der Waals surface area contributed by atoms with Crippen LogP contribution in [0.25, 0.3) is 0 Å². The highest BCUT2D eigenvalue weighted by Crippen LogP contribution is 2.50. The molecule has 6 nitrogen and oxygen atoms in total. The van der Waals surface area contributed by atoms with Crippen molar-refractivity contribution in [2.75, 3.05) is 23.4 Å². The molecule has 7 heteroatoms. The number of likely N-dealkylation sites (tertiary alicyclic amines) is 1. The normalized spacial score (nSPS) is 25.0. The van der Waals surface area contributed by atoms with Crippen LogP contribution in [0, 0.1) is 5.92 Å². The largest absolute Gasteiger partial charge is 0.394 e. The van der Waals surface area contributed by atoms with Gasteiger partial charge in [-0.15, -0.1) is 0 Å². The number of amides is 3. The van der Waals surface area contributed by atoms with Crippen molar-refractivity contribution in [3.8, 4) is 0 Å². The van der Waals surface area contributed by atoms with E-state index < -0.39 is 0 Å². The maximum atomic E-state index is 13.1. The van der Waals surface area contributed by atoms with E-state index in [0.717, 1.165) is 24.1 Å². The number of benzene rings is 2. The second kappa shape index (κ2) is 7.04. The van der Waals surface area contributed by atoms with Crippen LogP contribution in [0.2, 0.25) is 5.02 Å². The quantitative estimate of drug-likeness (QED) is 0.812. The average Bonchev–Trinajstić information content (AvgIpc) is 3.55. The molecule has 2 aromatic rings. The Morgan fingerprint density at radius 3 is 2.52 bits per heavy atom. The summed E-state index contributed by atoms with van der Waals surface area (Å²) in [5.74, 6) is 0.250. The maximum absolute atomic E-state index is 13.1. The molecule has 0 radical (unpaired) electrons. The summed E-state index contributed by atoms with van der Waals surface area (Å²) in [7, 11) is 0. The second-order valence-corrected chi connectivity index (χ2v) is 8.41. The van der Waals surface area contributed by atoms with Gasteiger partial charge in [-0.3, -0.25) is 9.69 Å². The van der Waals surface area contributed by atoms with Crippen LogP contribution in [-0.4, -0.2) is 47.2 Å². The first kappa shape index (κ1) is 18.5. The third-order valence-corrected chi connectivity index (χ3v) is 6.46. The lowest BCUT2D eigenvalue weighted by atomic mass is 9.71. The molecule has 0 unspecified atom stereocenters. The molecular weight excluding hydrogens is 390 g/mol. The Balaban J connectivity index is 1.45.